The highest BCUT2D eigenvalue weighted by molar-refractivity contribution is 6.10. The molecule has 0 N–H and O–H groups in total. The van der Waals surface area contributed by atoms with Gasteiger partial charge in [0.1, 0.15) is 5.78 Å². The summed E-state index contributed by atoms with van der Waals surface area (Å²) in [6.45, 7) is 1.45. The fourth-order valence-corrected chi connectivity index (χ4v) is 2.21. The van der Waals surface area contributed by atoms with Gasteiger partial charge in [0, 0.05) is 30.3 Å². The van der Waals surface area contributed by atoms with Crippen LogP contribution in [0.2, 0.25) is 0 Å². The average molecular weight is 178 g/mol. The molecule has 1 fully saturated rings. The van der Waals surface area contributed by atoms with Crippen molar-refractivity contribution in [2.45, 2.75) is 19.8 Å². The minimum Gasteiger partial charge on any atom is -0.300 e. The molecule has 13 heavy (non-hydrogen) atoms. The van der Waals surface area contributed by atoms with Crippen molar-refractivity contribution in [3.8, 4) is 0 Å². The Hall–Kier alpha value is -1.25. The summed E-state index contributed by atoms with van der Waals surface area (Å²) < 4.78 is 0. The van der Waals surface area contributed by atoms with Gasteiger partial charge in [0.25, 0.3) is 0 Å². The first-order valence-electron chi connectivity index (χ1n) is 4.37. The molecule has 0 saturated heterocycles. The summed E-state index contributed by atoms with van der Waals surface area (Å²) >= 11 is 0. The van der Waals surface area contributed by atoms with E-state index >= 15 is 0 Å². The summed E-state index contributed by atoms with van der Waals surface area (Å²) in [7, 11) is 0. The Morgan fingerprint density at radius 1 is 1.31 bits per heavy atom. The van der Waals surface area contributed by atoms with Crippen LogP contribution in [0.15, 0.2) is 11.6 Å². The lowest BCUT2D eigenvalue weighted by molar-refractivity contribution is -0.121. The molecule has 3 heteroatoms. The normalized spacial score (nSPS) is 31.9. The molecule has 2 rings (SSSR count). The minimum absolute atomic E-state index is 0.0407. The maximum absolute atomic E-state index is 11.3. The first kappa shape index (κ1) is 8.35. The topological polar surface area (TPSA) is 51.2 Å². The standard InChI is InChI=1S/C10H10O3/c1-5(11)7-4-10(13)9-3-6(12)2-8(7)9/h4,8-9H,2-3H2,1H3. The number of fused-ring (bicyclic) bond motifs is 1. The Morgan fingerprint density at radius 3 is 2.54 bits per heavy atom. The Balaban J connectivity index is 2.33. The number of Topliss-reactive ketones (excluding diaryl/α,β-unsaturated/α-hetero) is 2. The molecule has 2 aliphatic carbocycles. The third kappa shape index (κ3) is 1.15. The number of allylic oxidation sites excluding steroid dienone is 2. The summed E-state index contributed by atoms with van der Waals surface area (Å²) in [4.78, 5) is 33.5. The lowest BCUT2D eigenvalue weighted by Crippen LogP contribution is -2.12. The van der Waals surface area contributed by atoms with Crippen LogP contribution in [0.3, 0.4) is 0 Å². The molecule has 2 aliphatic rings. The van der Waals surface area contributed by atoms with Crippen LogP contribution in [0.4, 0.5) is 0 Å². The van der Waals surface area contributed by atoms with Crippen molar-refractivity contribution in [1.82, 2.24) is 0 Å². The van der Waals surface area contributed by atoms with Gasteiger partial charge in [-0.25, -0.2) is 0 Å². The van der Waals surface area contributed by atoms with Crippen LogP contribution in [0.5, 0.6) is 0 Å². The summed E-state index contributed by atoms with van der Waals surface area (Å²) in [6, 6.07) is 0. The fourth-order valence-electron chi connectivity index (χ4n) is 2.21. The van der Waals surface area contributed by atoms with Crippen molar-refractivity contribution in [2.75, 3.05) is 0 Å². The van der Waals surface area contributed by atoms with Crippen LogP contribution in [-0.4, -0.2) is 17.3 Å². The SMILES string of the molecule is CC(=O)C1=CC(=O)C2CC(=O)CC12. The Morgan fingerprint density at radius 2 is 1.92 bits per heavy atom. The lowest BCUT2D eigenvalue weighted by atomic mass is 9.93. The first-order valence-corrected chi connectivity index (χ1v) is 4.37. The van der Waals surface area contributed by atoms with Gasteiger partial charge in [-0.15, -0.1) is 0 Å². The number of ketones is 3. The second kappa shape index (κ2) is 2.62. The van der Waals surface area contributed by atoms with E-state index in [2.05, 4.69) is 0 Å². The monoisotopic (exact) mass is 178 g/mol. The zero-order valence-electron chi connectivity index (χ0n) is 7.37. The number of carbonyl (C=O) groups is 3. The van der Waals surface area contributed by atoms with Crippen molar-refractivity contribution in [1.29, 1.82) is 0 Å². The van der Waals surface area contributed by atoms with Gasteiger partial charge >= 0.3 is 0 Å². The molecule has 3 nitrogen and oxygen atoms in total. The molecule has 0 amide bonds. The molecule has 2 unspecified atom stereocenters. The van der Waals surface area contributed by atoms with Crippen LogP contribution >= 0.6 is 0 Å². The highest BCUT2D eigenvalue weighted by Crippen LogP contribution is 2.40. The van der Waals surface area contributed by atoms with Gasteiger partial charge in [0.15, 0.2) is 11.6 Å². The summed E-state index contributed by atoms with van der Waals surface area (Å²) in [5, 5.41) is 0. The van der Waals surface area contributed by atoms with Gasteiger partial charge in [-0.3, -0.25) is 14.4 Å². The van der Waals surface area contributed by atoms with Gasteiger partial charge < -0.3 is 0 Å². The van der Waals surface area contributed by atoms with E-state index in [-0.39, 0.29) is 29.2 Å². The fraction of sp³-hybridized carbons (Fsp3) is 0.500. The van der Waals surface area contributed by atoms with E-state index in [0.29, 0.717) is 18.4 Å². The summed E-state index contributed by atoms with van der Waals surface area (Å²) in [5.41, 5.74) is 0.556. The number of rotatable bonds is 1. The van der Waals surface area contributed by atoms with E-state index in [1.165, 1.54) is 13.0 Å². The number of hydrogen-bond donors (Lipinski definition) is 0. The van der Waals surface area contributed by atoms with Gasteiger partial charge in [-0.05, 0) is 13.0 Å². The van der Waals surface area contributed by atoms with Crippen LogP contribution in [0.25, 0.3) is 0 Å². The third-order valence-electron chi connectivity index (χ3n) is 2.85. The molecule has 68 valence electrons. The van der Waals surface area contributed by atoms with Crippen molar-refractivity contribution in [3.63, 3.8) is 0 Å². The molecule has 2 atom stereocenters. The molecule has 1 saturated carbocycles. The van der Waals surface area contributed by atoms with Crippen molar-refractivity contribution in [3.05, 3.63) is 11.6 Å². The molecule has 0 aromatic heterocycles. The van der Waals surface area contributed by atoms with E-state index in [1.807, 2.05) is 0 Å². The van der Waals surface area contributed by atoms with E-state index < -0.39 is 0 Å². The van der Waals surface area contributed by atoms with Gasteiger partial charge in [0.05, 0.1) is 0 Å². The van der Waals surface area contributed by atoms with Crippen LogP contribution in [-0.2, 0) is 14.4 Å². The van der Waals surface area contributed by atoms with Gasteiger partial charge in [-0.1, -0.05) is 0 Å². The molecular weight excluding hydrogens is 168 g/mol. The van der Waals surface area contributed by atoms with Gasteiger partial charge in [0.2, 0.25) is 0 Å². The summed E-state index contributed by atoms with van der Waals surface area (Å²) in [5.74, 6) is -0.323. The van der Waals surface area contributed by atoms with Crippen molar-refractivity contribution in [2.24, 2.45) is 11.8 Å². The third-order valence-corrected chi connectivity index (χ3v) is 2.85. The Bertz CT molecular complexity index is 338. The average Bonchev–Trinajstić information content (AvgIpc) is 2.51. The second-order valence-corrected chi connectivity index (χ2v) is 3.72. The minimum atomic E-state index is -0.216. The maximum atomic E-state index is 11.3. The van der Waals surface area contributed by atoms with Crippen LogP contribution in [0.1, 0.15) is 19.8 Å². The highest BCUT2D eigenvalue weighted by Gasteiger charge is 2.44. The summed E-state index contributed by atoms with van der Waals surface area (Å²) in [6.07, 6.45) is 2.13. The highest BCUT2D eigenvalue weighted by atomic mass is 16.1. The number of hydrogen-bond acceptors (Lipinski definition) is 3. The number of carbonyl (C=O) groups excluding carboxylic acids is 3. The quantitative estimate of drug-likeness (QED) is 0.593. The van der Waals surface area contributed by atoms with E-state index in [9.17, 15) is 14.4 Å². The van der Waals surface area contributed by atoms with Crippen molar-refractivity contribution < 1.29 is 14.4 Å². The second-order valence-electron chi connectivity index (χ2n) is 3.72. The maximum Gasteiger partial charge on any atom is 0.160 e. The molecule has 0 spiro atoms. The first-order chi connectivity index (χ1) is 6.09. The van der Waals surface area contributed by atoms with Gasteiger partial charge in [-0.2, -0.15) is 0 Å². The van der Waals surface area contributed by atoms with Crippen molar-refractivity contribution >= 4 is 17.3 Å². The molecule has 0 radical (unpaired) electrons. The van der Waals surface area contributed by atoms with E-state index in [4.69, 9.17) is 0 Å². The smallest absolute Gasteiger partial charge is 0.160 e. The Labute approximate surface area is 75.8 Å². The van der Waals surface area contributed by atoms with Crippen LogP contribution < -0.4 is 0 Å². The largest absolute Gasteiger partial charge is 0.300 e. The zero-order chi connectivity index (χ0) is 9.59. The molecule has 0 aromatic rings. The predicted octanol–water partition coefficient (Wildman–Crippen LogP) is 0.680. The lowest BCUT2D eigenvalue weighted by Gasteiger charge is -2.08. The molecular formula is C10H10O3. The molecule has 0 aliphatic heterocycles. The van der Waals surface area contributed by atoms with E-state index in [1.54, 1.807) is 0 Å². The predicted molar refractivity (Wildman–Crippen MR) is 45.0 cm³/mol. The molecule has 0 heterocycles. The van der Waals surface area contributed by atoms with E-state index in [0.717, 1.165) is 0 Å². The molecule has 0 bridgehead atoms. The zero-order valence-corrected chi connectivity index (χ0v) is 7.37. The molecule has 0 aromatic carbocycles. The van der Waals surface area contributed by atoms with Crippen LogP contribution in [0, 0.1) is 11.8 Å². The Kier molecular flexibility index (Phi) is 1.68.